The van der Waals surface area contributed by atoms with Gasteiger partial charge < -0.3 is 14.9 Å². The fraction of sp³-hybridized carbons (Fsp3) is 0.429. The van der Waals surface area contributed by atoms with E-state index in [1.165, 1.54) is 0 Å². The number of unbranched alkanes of at least 4 members (excludes halogenated alkanes) is 1. The molecular weight excluding hydrogens is 248 g/mol. The van der Waals surface area contributed by atoms with Crippen molar-refractivity contribution in [3.05, 3.63) is 35.9 Å². The number of carbonyl (C=O) groups is 2. The maximum absolute atomic E-state index is 11.0. The highest BCUT2D eigenvalue weighted by Crippen LogP contribution is 2.10. The summed E-state index contributed by atoms with van der Waals surface area (Å²) in [6.45, 7) is 0.247. The number of aliphatic carboxylic acids is 2. The fourth-order valence-electron chi connectivity index (χ4n) is 1.66. The summed E-state index contributed by atoms with van der Waals surface area (Å²) in [7, 11) is 0. The molecule has 0 radical (unpaired) electrons. The highest BCUT2D eigenvalue weighted by molar-refractivity contribution is 5.72. The van der Waals surface area contributed by atoms with Crippen molar-refractivity contribution < 1.29 is 24.5 Å². The number of hydrogen-bond donors (Lipinski definition) is 2. The molecule has 2 N–H and O–H groups in total. The van der Waals surface area contributed by atoms with E-state index in [2.05, 4.69) is 0 Å². The summed E-state index contributed by atoms with van der Waals surface area (Å²) in [5, 5.41) is 17.5. The minimum atomic E-state index is -1.01. The highest BCUT2D eigenvalue weighted by Gasteiger charge is 2.17. The van der Waals surface area contributed by atoms with Crippen molar-refractivity contribution in [3.63, 3.8) is 0 Å². The van der Waals surface area contributed by atoms with E-state index in [1.54, 1.807) is 0 Å². The number of ether oxygens (including phenoxy) is 1. The first-order chi connectivity index (χ1) is 9.09. The Morgan fingerprint density at radius 2 is 1.79 bits per heavy atom. The SMILES string of the molecule is O=C(O)CCCCC(OCc1ccccc1)C(=O)O. The van der Waals surface area contributed by atoms with Crippen molar-refractivity contribution in [3.8, 4) is 0 Å². The van der Waals surface area contributed by atoms with Crippen LogP contribution in [-0.2, 0) is 20.9 Å². The molecule has 1 atom stereocenters. The van der Waals surface area contributed by atoms with Gasteiger partial charge in [-0.2, -0.15) is 0 Å². The number of benzene rings is 1. The van der Waals surface area contributed by atoms with Gasteiger partial charge in [0.2, 0.25) is 0 Å². The van der Waals surface area contributed by atoms with Crippen LogP contribution in [0.5, 0.6) is 0 Å². The summed E-state index contributed by atoms with van der Waals surface area (Å²) in [5.41, 5.74) is 0.916. The van der Waals surface area contributed by atoms with Crippen LogP contribution in [0.4, 0.5) is 0 Å². The zero-order valence-corrected chi connectivity index (χ0v) is 10.6. The van der Waals surface area contributed by atoms with E-state index in [-0.39, 0.29) is 13.0 Å². The molecule has 0 aliphatic carbocycles. The molecule has 0 aliphatic rings. The van der Waals surface area contributed by atoms with Crippen LogP contribution in [-0.4, -0.2) is 28.3 Å². The first-order valence-corrected chi connectivity index (χ1v) is 6.19. The van der Waals surface area contributed by atoms with E-state index in [4.69, 9.17) is 14.9 Å². The maximum Gasteiger partial charge on any atom is 0.332 e. The molecule has 0 amide bonds. The van der Waals surface area contributed by atoms with Crippen LogP contribution in [0.25, 0.3) is 0 Å². The zero-order chi connectivity index (χ0) is 14.1. The van der Waals surface area contributed by atoms with E-state index in [0.29, 0.717) is 19.3 Å². The van der Waals surface area contributed by atoms with Crippen LogP contribution in [0.15, 0.2) is 30.3 Å². The van der Waals surface area contributed by atoms with E-state index >= 15 is 0 Å². The Bertz CT molecular complexity index is 402. The molecule has 0 saturated heterocycles. The monoisotopic (exact) mass is 266 g/mol. The lowest BCUT2D eigenvalue weighted by Crippen LogP contribution is -2.23. The Kier molecular flexibility index (Phi) is 6.60. The molecule has 1 unspecified atom stereocenters. The van der Waals surface area contributed by atoms with Crippen LogP contribution in [0.3, 0.4) is 0 Å². The second kappa shape index (κ2) is 8.26. The summed E-state index contributed by atoms with van der Waals surface area (Å²) in [6, 6.07) is 9.33. The second-order valence-corrected chi connectivity index (χ2v) is 4.26. The zero-order valence-electron chi connectivity index (χ0n) is 10.6. The molecule has 0 spiro atoms. The first-order valence-electron chi connectivity index (χ1n) is 6.19. The third kappa shape index (κ3) is 6.57. The van der Waals surface area contributed by atoms with Gasteiger partial charge in [0, 0.05) is 6.42 Å². The van der Waals surface area contributed by atoms with Crippen molar-refractivity contribution in [2.75, 3.05) is 0 Å². The predicted octanol–water partition coefficient (Wildman–Crippen LogP) is 2.30. The van der Waals surface area contributed by atoms with Gasteiger partial charge >= 0.3 is 11.9 Å². The molecule has 5 nitrogen and oxygen atoms in total. The van der Waals surface area contributed by atoms with Gasteiger partial charge in [-0.3, -0.25) is 4.79 Å². The van der Waals surface area contributed by atoms with Gasteiger partial charge in [0.1, 0.15) is 0 Å². The Balaban J connectivity index is 2.32. The third-order valence-corrected chi connectivity index (χ3v) is 2.68. The van der Waals surface area contributed by atoms with Gasteiger partial charge in [0.15, 0.2) is 6.10 Å². The van der Waals surface area contributed by atoms with Crippen LogP contribution >= 0.6 is 0 Å². The highest BCUT2D eigenvalue weighted by atomic mass is 16.5. The molecule has 1 aromatic rings. The predicted molar refractivity (Wildman–Crippen MR) is 68.8 cm³/mol. The van der Waals surface area contributed by atoms with Crippen molar-refractivity contribution in [2.24, 2.45) is 0 Å². The molecule has 104 valence electrons. The molecule has 0 aromatic heterocycles. The van der Waals surface area contributed by atoms with Crippen LogP contribution < -0.4 is 0 Å². The summed E-state index contributed by atoms with van der Waals surface area (Å²) in [4.78, 5) is 21.3. The van der Waals surface area contributed by atoms with Crippen LogP contribution in [0.1, 0.15) is 31.2 Å². The number of rotatable bonds is 9. The molecular formula is C14H18O5. The van der Waals surface area contributed by atoms with Crippen LogP contribution in [0, 0.1) is 0 Å². The fourth-order valence-corrected chi connectivity index (χ4v) is 1.66. The average Bonchev–Trinajstić information content (AvgIpc) is 2.38. The maximum atomic E-state index is 11.0. The summed E-state index contributed by atoms with van der Waals surface area (Å²) in [5.74, 6) is -1.87. The van der Waals surface area contributed by atoms with Gasteiger partial charge in [-0.15, -0.1) is 0 Å². The van der Waals surface area contributed by atoms with Gasteiger partial charge in [-0.25, -0.2) is 4.79 Å². The molecule has 0 aliphatic heterocycles. The normalized spacial score (nSPS) is 12.0. The first kappa shape index (κ1) is 15.2. The van der Waals surface area contributed by atoms with Crippen molar-refractivity contribution in [1.29, 1.82) is 0 Å². The van der Waals surface area contributed by atoms with Crippen molar-refractivity contribution in [1.82, 2.24) is 0 Å². The standard InChI is InChI=1S/C14H18O5/c15-13(16)9-5-4-8-12(14(17)18)19-10-11-6-2-1-3-7-11/h1-3,6-7,12H,4-5,8-10H2,(H,15,16)(H,17,18). The number of hydrogen-bond acceptors (Lipinski definition) is 3. The number of carboxylic acids is 2. The van der Waals surface area contributed by atoms with Crippen molar-refractivity contribution in [2.45, 2.75) is 38.4 Å². The summed E-state index contributed by atoms with van der Waals surface area (Å²) >= 11 is 0. The Hall–Kier alpha value is -1.88. The quantitative estimate of drug-likeness (QED) is 0.670. The molecule has 0 fully saturated rings. The Morgan fingerprint density at radius 1 is 1.11 bits per heavy atom. The summed E-state index contributed by atoms with van der Waals surface area (Å²) in [6.07, 6.45) is 0.501. The smallest absolute Gasteiger partial charge is 0.332 e. The second-order valence-electron chi connectivity index (χ2n) is 4.26. The minimum Gasteiger partial charge on any atom is -0.481 e. The van der Waals surface area contributed by atoms with E-state index in [9.17, 15) is 9.59 Å². The molecule has 0 bridgehead atoms. The molecule has 1 rings (SSSR count). The Labute approximate surface area is 111 Å². The van der Waals surface area contributed by atoms with Crippen molar-refractivity contribution >= 4 is 11.9 Å². The molecule has 1 aromatic carbocycles. The molecule has 19 heavy (non-hydrogen) atoms. The van der Waals surface area contributed by atoms with E-state index in [0.717, 1.165) is 5.56 Å². The van der Waals surface area contributed by atoms with Gasteiger partial charge in [-0.05, 0) is 24.8 Å². The van der Waals surface area contributed by atoms with Crippen LogP contribution in [0.2, 0.25) is 0 Å². The number of carboxylic acid groups (broad SMARTS) is 2. The lowest BCUT2D eigenvalue weighted by Gasteiger charge is -2.13. The van der Waals surface area contributed by atoms with Gasteiger partial charge in [-0.1, -0.05) is 30.3 Å². The summed E-state index contributed by atoms with van der Waals surface area (Å²) < 4.78 is 5.35. The van der Waals surface area contributed by atoms with E-state index < -0.39 is 18.0 Å². The third-order valence-electron chi connectivity index (χ3n) is 2.68. The average molecular weight is 266 g/mol. The largest absolute Gasteiger partial charge is 0.481 e. The molecule has 5 heteroatoms. The lowest BCUT2D eigenvalue weighted by molar-refractivity contribution is -0.151. The topological polar surface area (TPSA) is 83.8 Å². The van der Waals surface area contributed by atoms with Gasteiger partial charge in [0.05, 0.1) is 6.61 Å². The lowest BCUT2D eigenvalue weighted by atomic mass is 10.1. The Morgan fingerprint density at radius 3 is 2.37 bits per heavy atom. The molecule has 0 saturated carbocycles. The van der Waals surface area contributed by atoms with E-state index in [1.807, 2.05) is 30.3 Å². The molecule has 0 heterocycles. The minimum absolute atomic E-state index is 0.0605. The van der Waals surface area contributed by atoms with Gasteiger partial charge in [0.25, 0.3) is 0 Å².